The quantitative estimate of drug-likeness (QED) is 0.923. The first kappa shape index (κ1) is 16.4. The highest BCUT2D eigenvalue weighted by Gasteiger charge is 2.42. The van der Waals surface area contributed by atoms with Crippen LogP contribution in [0.4, 0.5) is 8.78 Å². The van der Waals surface area contributed by atoms with Gasteiger partial charge < -0.3 is 10.6 Å². The Balaban J connectivity index is 2.23. The van der Waals surface area contributed by atoms with E-state index in [0.29, 0.717) is 17.9 Å². The SMILES string of the molecule is CC1CCCC(C(N)Cc2cc(F)ccc2F)(N(C)C)C1. The average Bonchev–Trinajstić information content (AvgIpc) is 2.42. The summed E-state index contributed by atoms with van der Waals surface area (Å²) in [6, 6.07) is 3.40. The molecule has 3 atom stereocenters. The fourth-order valence-corrected chi connectivity index (χ4v) is 3.77. The number of likely N-dealkylation sites (N-methyl/N-ethyl adjacent to an activating group) is 1. The highest BCUT2D eigenvalue weighted by molar-refractivity contribution is 5.21. The van der Waals surface area contributed by atoms with E-state index in [4.69, 9.17) is 5.73 Å². The van der Waals surface area contributed by atoms with Crippen molar-refractivity contribution in [3.8, 4) is 0 Å². The van der Waals surface area contributed by atoms with Crippen LogP contribution in [0.3, 0.4) is 0 Å². The van der Waals surface area contributed by atoms with Gasteiger partial charge in [-0.1, -0.05) is 19.8 Å². The summed E-state index contributed by atoms with van der Waals surface area (Å²) in [5.74, 6) is -0.163. The van der Waals surface area contributed by atoms with E-state index in [-0.39, 0.29) is 17.4 Å². The third-order valence-corrected chi connectivity index (χ3v) is 5.04. The first-order valence-corrected chi connectivity index (χ1v) is 7.72. The second-order valence-electron chi connectivity index (χ2n) is 6.75. The lowest BCUT2D eigenvalue weighted by atomic mass is 9.70. The highest BCUT2D eigenvalue weighted by Crippen LogP contribution is 2.38. The molecule has 1 aliphatic carbocycles. The molecule has 1 fully saturated rings. The van der Waals surface area contributed by atoms with Crippen LogP contribution < -0.4 is 5.73 Å². The van der Waals surface area contributed by atoms with Crippen LogP contribution in [-0.4, -0.2) is 30.6 Å². The molecule has 1 aromatic carbocycles. The molecule has 1 aliphatic rings. The molecule has 4 heteroatoms. The van der Waals surface area contributed by atoms with Crippen molar-refractivity contribution < 1.29 is 8.78 Å². The van der Waals surface area contributed by atoms with E-state index in [1.165, 1.54) is 18.6 Å². The van der Waals surface area contributed by atoms with Crippen LogP contribution in [-0.2, 0) is 6.42 Å². The zero-order chi connectivity index (χ0) is 15.6. The Hall–Kier alpha value is -1.00. The summed E-state index contributed by atoms with van der Waals surface area (Å²) in [6.07, 6.45) is 4.75. The standard InChI is InChI=1S/C17H26F2N2/c1-12-5-4-8-17(11-12,21(2)3)16(20)10-13-9-14(18)6-7-15(13)19/h6-7,9,12,16H,4-5,8,10-11,20H2,1-3H3. The summed E-state index contributed by atoms with van der Waals surface area (Å²) >= 11 is 0. The van der Waals surface area contributed by atoms with Gasteiger partial charge in [-0.05, 0) is 63.0 Å². The van der Waals surface area contributed by atoms with Crippen LogP contribution in [0.1, 0.15) is 38.2 Å². The van der Waals surface area contributed by atoms with Crippen molar-refractivity contribution in [2.45, 2.75) is 50.6 Å². The van der Waals surface area contributed by atoms with Gasteiger partial charge in [-0.25, -0.2) is 8.78 Å². The molecular weight excluding hydrogens is 270 g/mol. The molecule has 1 aromatic rings. The number of hydrogen-bond donors (Lipinski definition) is 1. The molecule has 21 heavy (non-hydrogen) atoms. The number of halogens is 2. The van der Waals surface area contributed by atoms with Crippen molar-refractivity contribution in [2.24, 2.45) is 11.7 Å². The molecular formula is C17H26F2N2. The van der Waals surface area contributed by atoms with Gasteiger partial charge in [0.15, 0.2) is 0 Å². The van der Waals surface area contributed by atoms with Crippen molar-refractivity contribution in [2.75, 3.05) is 14.1 Å². The predicted molar refractivity (Wildman–Crippen MR) is 82.1 cm³/mol. The largest absolute Gasteiger partial charge is 0.326 e. The molecule has 2 rings (SSSR count). The summed E-state index contributed by atoms with van der Waals surface area (Å²) < 4.78 is 27.2. The predicted octanol–water partition coefficient (Wildman–Crippen LogP) is 3.35. The van der Waals surface area contributed by atoms with Gasteiger partial charge in [0.2, 0.25) is 0 Å². The van der Waals surface area contributed by atoms with Gasteiger partial charge in [-0.15, -0.1) is 0 Å². The molecule has 0 radical (unpaired) electrons. The van der Waals surface area contributed by atoms with Gasteiger partial charge in [-0.2, -0.15) is 0 Å². The first-order valence-electron chi connectivity index (χ1n) is 7.72. The maximum Gasteiger partial charge on any atom is 0.126 e. The highest BCUT2D eigenvalue weighted by atomic mass is 19.1. The lowest BCUT2D eigenvalue weighted by Gasteiger charge is -2.49. The van der Waals surface area contributed by atoms with E-state index >= 15 is 0 Å². The van der Waals surface area contributed by atoms with Crippen LogP contribution >= 0.6 is 0 Å². The van der Waals surface area contributed by atoms with E-state index < -0.39 is 5.82 Å². The van der Waals surface area contributed by atoms with Gasteiger partial charge >= 0.3 is 0 Å². The summed E-state index contributed by atoms with van der Waals surface area (Å²) in [7, 11) is 4.08. The Kier molecular flexibility index (Phi) is 4.99. The molecule has 0 aliphatic heterocycles. The molecule has 0 heterocycles. The summed E-state index contributed by atoms with van der Waals surface area (Å²) in [5, 5.41) is 0. The Morgan fingerprint density at radius 2 is 2.10 bits per heavy atom. The zero-order valence-corrected chi connectivity index (χ0v) is 13.2. The molecule has 0 spiro atoms. The molecule has 118 valence electrons. The Morgan fingerprint density at radius 3 is 2.71 bits per heavy atom. The van der Waals surface area contributed by atoms with E-state index in [9.17, 15) is 8.78 Å². The van der Waals surface area contributed by atoms with Crippen molar-refractivity contribution in [1.29, 1.82) is 0 Å². The van der Waals surface area contributed by atoms with Crippen molar-refractivity contribution in [3.05, 3.63) is 35.4 Å². The number of nitrogens with zero attached hydrogens (tertiary/aromatic N) is 1. The smallest absolute Gasteiger partial charge is 0.126 e. The van der Waals surface area contributed by atoms with Crippen molar-refractivity contribution in [3.63, 3.8) is 0 Å². The summed E-state index contributed by atoms with van der Waals surface area (Å²) in [5.41, 5.74) is 6.72. The van der Waals surface area contributed by atoms with Crippen LogP contribution in [0.2, 0.25) is 0 Å². The third kappa shape index (κ3) is 3.43. The summed E-state index contributed by atoms with van der Waals surface area (Å²) in [6.45, 7) is 2.24. The minimum Gasteiger partial charge on any atom is -0.326 e. The van der Waals surface area contributed by atoms with Gasteiger partial charge in [0.25, 0.3) is 0 Å². The van der Waals surface area contributed by atoms with Crippen molar-refractivity contribution >= 4 is 0 Å². The van der Waals surface area contributed by atoms with Crippen molar-refractivity contribution in [1.82, 2.24) is 4.90 Å². The number of benzene rings is 1. The fraction of sp³-hybridized carbons (Fsp3) is 0.647. The minimum atomic E-state index is -0.408. The van der Waals surface area contributed by atoms with E-state index in [1.807, 2.05) is 14.1 Å². The zero-order valence-electron chi connectivity index (χ0n) is 13.2. The molecule has 0 aromatic heterocycles. The molecule has 2 nitrogen and oxygen atoms in total. The number of rotatable bonds is 4. The van der Waals surface area contributed by atoms with Gasteiger partial charge in [0, 0.05) is 11.6 Å². The topological polar surface area (TPSA) is 29.3 Å². The Bertz CT molecular complexity index is 490. The number of nitrogens with two attached hydrogens (primary N) is 1. The van der Waals surface area contributed by atoms with Gasteiger partial charge in [0.1, 0.15) is 11.6 Å². The maximum absolute atomic E-state index is 13.9. The van der Waals surface area contributed by atoms with E-state index in [1.54, 1.807) is 0 Å². The first-order chi connectivity index (χ1) is 9.85. The van der Waals surface area contributed by atoms with Crippen LogP contribution in [0.15, 0.2) is 18.2 Å². The summed E-state index contributed by atoms with van der Waals surface area (Å²) in [4.78, 5) is 2.19. The average molecular weight is 296 g/mol. The van der Waals surface area contributed by atoms with Gasteiger partial charge in [-0.3, -0.25) is 0 Å². The second-order valence-corrected chi connectivity index (χ2v) is 6.75. The molecule has 2 N–H and O–H groups in total. The third-order valence-electron chi connectivity index (χ3n) is 5.04. The monoisotopic (exact) mass is 296 g/mol. The molecule has 0 saturated heterocycles. The fourth-order valence-electron chi connectivity index (χ4n) is 3.77. The number of hydrogen-bond acceptors (Lipinski definition) is 2. The molecule has 1 saturated carbocycles. The van der Waals surface area contributed by atoms with Crippen LogP contribution in [0.25, 0.3) is 0 Å². The van der Waals surface area contributed by atoms with E-state index in [0.717, 1.165) is 25.3 Å². The molecule has 0 bridgehead atoms. The maximum atomic E-state index is 13.9. The van der Waals surface area contributed by atoms with Crippen LogP contribution in [0, 0.1) is 17.6 Å². The lowest BCUT2D eigenvalue weighted by Crippen LogP contribution is -2.60. The Labute approximate surface area is 126 Å². The minimum absolute atomic E-state index is 0.129. The Morgan fingerprint density at radius 1 is 1.38 bits per heavy atom. The van der Waals surface area contributed by atoms with Gasteiger partial charge in [0.05, 0.1) is 0 Å². The van der Waals surface area contributed by atoms with E-state index in [2.05, 4.69) is 11.8 Å². The lowest BCUT2D eigenvalue weighted by molar-refractivity contribution is 0.0501. The molecule has 3 unspecified atom stereocenters. The molecule has 0 amide bonds. The van der Waals surface area contributed by atoms with Crippen LogP contribution in [0.5, 0.6) is 0 Å². The normalized spacial score (nSPS) is 27.9. The second kappa shape index (κ2) is 6.41.